The SMILES string of the molecule is C=CCn1c(SCC(=O)N2CCN(c3ccccn3)CC2)nnc1-c1ccccc1OC. The largest absolute Gasteiger partial charge is 0.496 e. The van der Waals surface area contributed by atoms with E-state index in [2.05, 4.69) is 26.7 Å². The van der Waals surface area contributed by atoms with Gasteiger partial charge in [-0.15, -0.1) is 16.8 Å². The summed E-state index contributed by atoms with van der Waals surface area (Å²) in [6.07, 6.45) is 3.59. The number of nitrogens with zero attached hydrogens (tertiary/aromatic N) is 6. The molecule has 32 heavy (non-hydrogen) atoms. The van der Waals surface area contributed by atoms with Crippen LogP contribution in [-0.2, 0) is 11.3 Å². The van der Waals surface area contributed by atoms with E-state index in [4.69, 9.17) is 4.74 Å². The van der Waals surface area contributed by atoms with Crippen LogP contribution in [0, 0.1) is 0 Å². The molecule has 8 nitrogen and oxygen atoms in total. The highest BCUT2D eigenvalue weighted by Gasteiger charge is 2.23. The van der Waals surface area contributed by atoms with Crippen molar-refractivity contribution < 1.29 is 9.53 Å². The molecule has 0 spiro atoms. The normalized spacial score (nSPS) is 13.8. The van der Waals surface area contributed by atoms with Crippen molar-refractivity contribution in [1.29, 1.82) is 0 Å². The third-order valence-corrected chi connectivity index (χ3v) is 6.26. The number of allylic oxidation sites excluding steroid dienone is 1. The Morgan fingerprint density at radius 2 is 1.91 bits per heavy atom. The maximum atomic E-state index is 12.8. The van der Waals surface area contributed by atoms with Gasteiger partial charge in [-0.25, -0.2) is 4.98 Å². The second kappa shape index (κ2) is 10.3. The van der Waals surface area contributed by atoms with E-state index in [-0.39, 0.29) is 5.91 Å². The third-order valence-electron chi connectivity index (χ3n) is 5.31. The molecule has 1 aromatic carbocycles. The lowest BCUT2D eigenvalue weighted by atomic mass is 10.2. The van der Waals surface area contributed by atoms with E-state index < -0.39 is 0 Å². The summed E-state index contributed by atoms with van der Waals surface area (Å²) in [5.74, 6) is 2.79. The molecule has 1 fully saturated rings. The van der Waals surface area contributed by atoms with Gasteiger partial charge in [0.1, 0.15) is 11.6 Å². The molecule has 0 radical (unpaired) electrons. The van der Waals surface area contributed by atoms with Crippen molar-refractivity contribution in [3.05, 3.63) is 61.3 Å². The van der Waals surface area contributed by atoms with Crippen molar-refractivity contribution in [3.63, 3.8) is 0 Å². The number of anilines is 1. The van der Waals surface area contributed by atoms with Gasteiger partial charge >= 0.3 is 0 Å². The molecule has 0 saturated carbocycles. The Morgan fingerprint density at radius 3 is 2.62 bits per heavy atom. The number of para-hydroxylation sites is 1. The van der Waals surface area contributed by atoms with Crippen LogP contribution in [0.2, 0.25) is 0 Å². The average Bonchev–Trinajstić information content (AvgIpc) is 3.25. The number of thioether (sulfide) groups is 1. The number of amides is 1. The number of carbonyl (C=O) groups is 1. The van der Waals surface area contributed by atoms with E-state index in [9.17, 15) is 4.79 Å². The molecule has 166 valence electrons. The van der Waals surface area contributed by atoms with Crippen molar-refractivity contribution in [2.24, 2.45) is 0 Å². The lowest BCUT2D eigenvalue weighted by Crippen LogP contribution is -2.49. The molecule has 3 heterocycles. The number of piperazine rings is 1. The number of rotatable bonds is 8. The minimum absolute atomic E-state index is 0.0997. The number of methoxy groups -OCH3 is 1. The molecule has 1 aliphatic heterocycles. The van der Waals surface area contributed by atoms with Gasteiger partial charge in [0.15, 0.2) is 11.0 Å². The highest BCUT2D eigenvalue weighted by atomic mass is 32.2. The van der Waals surface area contributed by atoms with E-state index in [1.54, 1.807) is 19.4 Å². The Bertz CT molecular complexity index is 1060. The monoisotopic (exact) mass is 450 g/mol. The molecule has 0 atom stereocenters. The molecule has 0 aliphatic carbocycles. The molecule has 2 aromatic heterocycles. The lowest BCUT2D eigenvalue weighted by molar-refractivity contribution is -0.128. The van der Waals surface area contributed by atoms with Crippen molar-refractivity contribution in [2.75, 3.05) is 43.9 Å². The molecular formula is C23H26N6O2S. The first-order valence-corrected chi connectivity index (χ1v) is 11.4. The number of ether oxygens (including phenoxy) is 1. The van der Waals surface area contributed by atoms with E-state index in [1.807, 2.05) is 51.9 Å². The first-order chi connectivity index (χ1) is 15.7. The lowest BCUT2D eigenvalue weighted by Gasteiger charge is -2.35. The zero-order valence-corrected chi connectivity index (χ0v) is 18.9. The molecule has 1 amide bonds. The summed E-state index contributed by atoms with van der Waals surface area (Å²) in [6.45, 7) is 7.31. The maximum Gasteiger partial charge on any atom is 0.233 e. The molecule has 4 rings (SSSR count). The van der Waals surface area contributed by atoms with Crippen LogP contribution in [0.15, 0.2) is 66.5 Å². The van der Waals surface area contributed by atoms with E-state index in [0.717, 1.165) is 30.2 Å². The summed E-state index contributed by atoms with van der Waals surface area (Å²) in [4.78, 5) is 21.3. The summed E-state index contributed by atoms with van der Waals surface area (Å²) in [5.41, 5.74) is 0.855. The van der Waals surface area contributed by atoms with Crippen molar-refractivity contribution >= 4 is 23.5 Å². The van der Waals surface area contributed by atoms with Gasteiger partial charge < -0.3 is 14.5 Å². The Labute approximate surface area is 191 Å². The minimum atomic E-state index is 0.0997. The number of benzene rings is 1. The quantitative estimate of drug-likeness (QED) is 0.386. The number of aromatic nitrogens is 4. The smallest absolute Gasteiger partial charge is 0.233 e. The topological polar surface area (TPSA) is 76.4 Å². The van der Waals surface area contributed by atoms with Crippen LogP contribution in [-0.4, -0.2) is 69.6 Å². The third kappa shape index (κ3) is 4.77. The Balaban J connectivity index is 1.40. The van der Waals surface area contributed by atoms with Gasteiger partial charge in [0.2, 0.25) is 5.91 Å². The van der Waals surface area contributed by atoms with Crippen LogP contribution in [0.25, 0.3) is 11.4 Å². The van der Waals surface area contributed by atoms with Crippen LogP contribution >= 0.6 is 11.8 Å². The Kier molecular flexibility index (Phi) is 7.06. The summed E-state index contributed by atoms with van der Waals surface area (Å²) < 4.78 is 7.44. The second-order valence-corrected chi connectivity index (χ2v) is 8.19. The fourth-order valence-corrected chi connectivity index (χ4v) is 4.51. The minimum Gasteiger partial charge on any atom is -0.496 e. The number of carbonyl (C=O) groups excluding carboxylic acids is 1. The average molecular weight is 451 g/mol. The Hall–Kier alpha value is -3.33. The van der Waals surface area contributed by atoms with Crippen LogP contribution in [0.3, 0.4) is 0 Å². The predicted molar refractivity (Wildman–Crippen MR) is 126 cm³/mol. The highest BCUT2D eigenvalue weighted by molar-refractivity contribution is 7.99. The molecule has 0 bridgehead atoms. The van der Waals surface area contributed by atoms with Gasteiger partial charge in [-0.2, -0.15) is 0 Å². The van der Waals surface area contributed by atoms with Gasteiger partial charge in [0.05, 0.1) is 18.4 Å². The molecule has 9 heteroatoms. The van der Waals surface area contributed by atoms with Gasteiger partial charge in [-0.1, -0.05) is 36.0 Å². The fourth-order valence-electron chi connectivity index (χ4n) is 3.66. The van der Waals surface area contributed by atoms with Crippen LogP contribution < -0.4 is 9.64 Å². The van der Waals surface area contributed by atoms with Gasteiger partial charge in [-0.05, 0) is 24.3 Å². The molecular weight excluding hydrogens is 424 g/mol. The van der Waals surface area contributed by atoms with Gasteiger partial charge in [0.25, 0.3) is 0 Å². The number of hydrogen-bond acceptors (Lipinski definition) is 7. The summed E-state index contributed by atoms with van der Waals surface area (Å²) in [6, 6.07) is 13.6. The summed E-state index contributed by atoms with van der Waals surface area (Å²) in [7, 11) is 1.63. The molecule has 1 saturated heterocycles. The van der Waals surface area contributed by atoms with E-state index in [1.165, 1.54) is 11.8 Å². The standard InChI is InChI=1S/C23H26N6O2S/c1-3-12-29-22(18-8-4-5-9-19(18)31-2)25-26-23(29)32-17-21(30)28-15-13-27(14-16-28)20-10-6-7-11-24-20/h3-11H,1,12-17H2,2H3. The summed E-state index contributed by atoms with van der Waals surface area (Å²) in [5, 5.41) is 9.40. The van der Waals surface area contributed by atoms with Crippen molar-refractivity contribution in [2.45, 2.75) is 11.7 Å². The number of hydrogen-bond donors (Lipinski definition) is 0. The highest BCUT2D eigenvalue weighted by Crippen LogP contribution is 2.31. The predicted octanol–water partition coefficient (Wildman–Crippen LogP) is 2.98. The zero-order valence-electron chi connectivity index (χ0n) is 18.1. The first-order valence-electron chi connectivity index (χ1n) is 10.4. The molecule has 1 aliphatic rings. The van der Waals surface area contributed by atoms with E-state index >= 15 is 0 Å². The molecule has 3 aromatic rings. The van der Waals surface area contributed by atoms with Crippen LogP contribution in [0.4, 0.5) is 5.82 Å². The maximum absolute atomic E-state index is 12.8. The second-order valence-electron chi connectivity index (χ2n) is 7.25. The summed E-state index contributed by atoms with van der Waals surface area (Å²) >= 11 is 1.40. The fraction of sp³-hybridized carbons (Fsp3) is 0.304. The number of pyridine rings is 1. The first kappa shape index (κ1) is 21.9. The van der Waals surface area contributed by atoms with Crippen LogP contribution in [0.1, 0.15) is 0 Å². The molecule has 0 unspecified atom stereocenters. The zero-order chi connectivity index (χ0) is 22.3. The Morgan fingerprint density at radius 1 is 1.12 bits per heavy atom. The van der Waals surface area contributed by atoms with Crippen molar-refractivity contribution in [1.82, 2.24) is 24.6 Å². The van der Waals surface area contributed by atoms with E-state index in [0.29, 0.717) is 36.4 Å². The van der Waals surface area contributed by atoms with Crippen molar-refractivity contribution in [3.8, 4) is 17.1 Å². The van der Waals surface area contributed by atoms with Crippen LogP contribution in [0.5, 0.6) is 5.75 Å². The molecule has 0 N–H and O–H groups in total. The van der Waals surface area contributed by atoms with Gasteiger partial charge in [0, 0.05) is 38.9 Å². The van der Waals surface area contributed by atoms with Gasteiger partial charge in [-0.3, -0.25) is 9.36 Å².